The number of hydrogen-bond acceptors (Lipinski definition) is 8. The van der Waals surface area contributed by atoms with E-state index in [-0.39, 0.29) is 29.7 Å². The van der Waals surface area contributed by atoms with Gasteiger partial charge in [-0.2, -0.15) is 10.4 Å². The minimum Gasteiger partial charge on any atom is -0.348 e. The zero-order valence-electron chi connectivity index (χ0n) is 18.2. The summed E-state index contributed by atoms with van der Waals surface area (Å²) in [7, 11) is 0. The second-order valence-electron chi connectivity index (χ2n) is 8.26. The van der Waals surface area contributed by atoms with E-state index in [1.807, 2.05) is 41.9 Å². The highest BCUT2D eigenvalue weighted by Gasteiger charge is 2.41. The van der Waals surface area contributed by atoms with Crippen molar-refractivity contribution in [3.05, 3.63) is 48.9 Å². The first kappa shape index (κ1) is 20.6. The molecule has 11 nitrogen and oxygen atoms in total. The van der Waals surface area contributed by atoms with Crippen LogP contribution in [-0.4, -0.2) is 53.2 Å². The number of amides is 1. The van der Waals surface area contributed by atoms with Crippen LogP contribution >= 0.6 is 0 Å². The third kappa shape index (κ3) is 3.87. The third-order valence-electron chi connectivity index (χ3n) is 5.54. The van der Waals surface area contributed by atoms with Crippen LogP contribution in [0.1, 0.15) is 36.9 Å². The molecule has 2 N–H and O–H groups in total. The predicted octanol–water partition coefficient (Wildman–Crippen LogP) is 2.30. The van der Waals surface area contributed by atoms with Gasteiger partial charge in [-0.25, -0.2) is 24.6 Å². The van der Waals surface area contributed by atoms with E-state index < -0.39 is 0 Å². The van der Waals surface area contributed by atoms with Gasteiger partial charge in [-0.15, -0.1) is 0 Å². The van der Waals surface area contributed by atoms with E-state index in [1.54, 1.807) is 18.6 Å². The first-order chi connectivity index (χ1) is 16.0. The number of fused-ring (bicyclic) bond motifs is 1. The van der Waals surface area contributed by atoms with E-state index in [1.165, 1.54) is 6.20 Å². The molecule has 0 aliphatic carbocycles. The molecule has 1 saturated heterocycles. The van der Waals surface area contributed by atoms with Crippen molar-refractivity contribution in [3.8, 4) is 17.5 Å². The molecule has 0 saturated carbocycles. The number of aromatic nitrogens is 7. The van der Waals surface area contributed by atoms with Crippen molar-refractivity contribution in [1.82, 2.24) is 40.0 Å². The average Bonchev–Trinajstić information content (AvgIpc) is 3.45. The highest BCUT2D eigenvalue weighted by atomic mass is 16.1. The molecule has 1 aliphatic rings. The van der Waals surface area contributed by atoms with Gasteiger partial charge in [0.15, 0.2) is 5.82 Å². The van der Waals surface area contributed by atoms with Gasteiger partial charge in [-0.3, -0.25) is 4.79 Å². The second kappa shape index (κ2) is 8.31. The molecule has 4 aromatic heterocycles. The Labute approximate surface area is 189 Å². The molecule has 1 aliphatic heterocycles. The van der Waals surface area contributed by atoms with Crippen molar-refractivity contribution in [2.24, 2.45) is 5.92 Å². The summed E-state index contributed by atoms with van der Waals surface area (Å²) in [6, 6.07) is 4.19. The van der Waals surface area contributed by atoms with Crippen LogP contribution in [0.25, 0.3) is 22.4 Å². The maximum absolute atomic E-state index is 12.2. The number of carbonyl (C=O) groups excluding carboxylic acids is 1. The zero-order valence-corrected chi connectivity index (χ0v) is 18.2. The first-order valence-electron chi connectivity index (χ1n) is 10.6. The maximum atomic E-state index is 12.2. The van der Waals surface area contributed by atoms with Crippen molar-refractivity contribution >= 4 is 22.8 Å². The number of anilines is 1. The molecular formula is C22H22N10O. The summed E-state index contributed by atoms with van der Waals surface area (Å²) in [5.41, 5.74) is 1.80. The normalized spacial score (nSPS) is 17.7. The Hall–Kier alpha value is -4.33. The number of nitriles is 1. The molecule has 0 spiro atoms. The molecule has 11 heteroatoms. The number of H-pyrrole nitrogens is 1. The Morgan fingerprint density at radius 3 is 2.91 bits per heavy atom. The molecule has 4 aromatic rings. The summed E-state index contributed by atoms with van der Waals surface area (Å²) < 4.78 is 1.81. The van der Waals surface area contributed by atoms with Gasteiger partial charge in [0.2, 0.25) is 0 Å². The molecular weight excluding hydrogens is 420 g/mol. The van der Waals surface area contributed by atoms with Crippen LogP contribution < -0.4 is 10.2 Å². The first-order valence-corrected chi connectivity index (χ1v) is 10.6. The summed E-state index contributed by atoms with van der Waals surface area (Å²) in [6.45, 7) is 4.42. The zero-order chi connectivity index (χ0) is 22.9. The van der Waals surface area contributed by atoms with Crippen molar-refractivity contribution in [3.63, 3.8) is 0 Å². The SMILES string of the molecule is CC(C)NC(=O)c1cnc(N2CC(CC#N)C2n2cc(-c3ncc4cc[nH]c4n3)cn2)cn1. The Morgan fingerprint density at radius 1 is 1.27 bits per heavy atom. The van der Waals surface area contributed by atoms with E-state index in [0.717, 1.165) is 16.6 Å². The van der Waals surface area contributed by atoms with Crippen molar-refractivity contribution in [2.75, 3.05) is 11.4 Å². The fraction of sp³-hybridized carbons (Fsp3) is 0.318. The summed E-state index contributed by atoms with van der Waals surface area (Å²) in [5, 5.41) is 17.5. The minimum absolute atomic E-state index is 0.0150. The lowest BCUT2D eigenvalue weighted by Gasteiger charge is -2.47. The standard InChI is InChI=1S/C22H22N10O/c1-13(2)29-21(33)17-9-26-18(10-25-17)31-11-15(3-5-23)22(31)32-12-16(8-28-32)20-27-7-14-4-6-24-19(14)30-20/h4,6-10,12-13,15,22H,3,11H2,1-2H3,(H,29,33)(H,24,27,30). The lowest BCUT2D eigenvalue weighted by molar-refractivity contribution is 0.0937. The number of aromatic amines is 1. The third-order valence-corrected chi connectivity index (χ3v) is 5.54. The van der Waals surface area contributed by atoms with Crippen LogP contribution in [-0.2, 0) is 0 Å². The lowest BCUT2D eigenvalue weighted by Crippen LogP contribution is -2.53. The summed E-state index contributed by atoms with van der Waals surface area (Å²) >= 11 is 0. The fourth-order valence-electron chi connectivity index (χ4n) is 3.95. The average molecular weight is 442 g/mol. The topological polar surface area (TPSA) is 141 Å². The van der Waals surface area contributed by atoms with Crippen LogP contribution in [0.4, 0.5) is 5.82 Å². The second-order valence-corrected chi connectivity index (χ2v) is 8.26. The summed E-state index contributed by atoms with van der Waals surface area (Å²) in [6.07, 6.45) is 10.4. The lowest BCUT2D eigenvalue weighted by atomic mass is 9.92. The Bertz CT molecular complexity index is 1330. The summed E-state index contributed by atoms with van der Waals surface area (Å²) in [5.74, 6) is 1.01. The number of nitrogens with zero attached hydrogens (tertiary/aromatic N) is 8. The van der Waals surface area contributed by atoms with Crippen molar-refractivity contribution < 1.29 is 4.79 Å². The molecule has 5 rings (SSSR count). The van der Waals surface area contributed by atoms with Crippen molar-refractivity contribution in [1.29, 1.82) is 5.26 Å². The Balaban J connectivity index is 1.39. The van der Waals surface area contributed by atoms with Gasteiger partial charge >= 0.3 is 0 Å². The van der Waals surface area contributed by atoms with Gasteiger partial charge in [0.25, 0.3) is 5.91 Å². The fourth-order valence-corrected chi connectivity index (χ4v) is 3.95. The Morgan fingerprint density at radius 2 is 2.15 bits per heavy atom. The van der Waals surface area contributed by atoms with Gasteiger partial charge in [-0.05, 0) is 19.9 Å². The van der Waals surface area contributed by atoms with Crippen LogP contribution in [0.3, 0.4) is 0 Å². The number of nitrogens with one attached hydrogen (secondary N) is 2. The molecule has 0 aromatic carbocycles. The molecule has 0 bridgehead atoms. The van der Waals surface area contributed by atoms with Crippen LogP contribution in [0.5, 0.6) is 0 Å². The molecule has 0 radical (unpaired) electrons. The maximum Gasteiger partial charge on any atom is 0.271 e. The molecule has 33 heavy (non-hydrogen) atoms. The monoisotopic (exact) mass is 442 g/mol. The van der Waals surface area contributed by atoms with E-state index in [0.29, 0.717) is 24.6 Å². The van der Waals surface area contributed by atoms with Gasteiger partial charge in [0.1, 0.15) is 23.3 Å². The quantitative estimate of drug-likeness (QED) is 0.463. The highest BCUT2D eigenvalue weighted by Crippen LogP contribution is 2.39. The number of rotatable bonds is 6. The largest absolute Gasteiger partial charge is 0.348 e. The smallest absolute Gasteiger partial charge is 0.271 e. The minimum atomic E-state index is -0.262. The van der Waals surface area contributed by atoms with Crippen LogP contribution in [0.2, 0.25) is 0 Å². The van der Waals surface area contributed by atoms with E-state index in [4.69, 9.17) is 0 Å². The van der Waals surface area contributed by atoms with E-state index in [9.17, 15) is 10.1 Å². The molecule has 2 unspecified atom stereocenters. The van der Waals surface area contributed by atoms with E-state index >= 15 is 0 Å². The molecule has 2 atom stereocenters. The predicted molar refractivity (Wildman–Crippen MR) is 120 cm³/mol. The van der Waals surface area contributed by atoms with Gasteiger partial charge < -0.3 is 15.2 Å². The van der Waals surface area contributed by atoms with Gasteiger partial charge in [-0.1, -0.05) is 0 Å². The molecule has 5 heterocycles. The van der Waals surface area contributed by atoms with Gasteiger partial charge in [0, 0.05) is 48.9 Å². The van der Waals surface area contributed by atoms with Crippen LogP contribution in [0.15, 0.2) is 43.2 Å². The van der Waals surface area contributed by atoms with Crippen molar-refractivity contribution in [2.45, 2.75) is 32.5 Å². The number of carbonyl (C=O) groups is 1. The molecule has 1 fully saturated rings. The molecule has 1 amide bonds. The Kier molecular flexibility index (Phi) is 5.18. The van der Waals surface area contributed by atoms with Gasteiger partial charge in [0.05, 0.1) is 30.2 Å². The summed E-state index contributed by atoms with van der Waals surface area (Å²) in [4.78, 5) is 35.0. The number of hydrogen-bond donors (Lipinski definition) is 2. The highest BCUT2D eigenvalue weighted by molar-refractivity contribution is 5.92. The van der Waals surface area contributed by atoms with Crippen LogP contribution in [0, 0.1) is 17.2 Å². The molecule has 166 valence electrons. The van der Waals surface area contributed by atoms with E-state index in [2.05, 4.69) is 41.4 Å².